The van der Waals surface area contributed by atoms with Gasteiger partial charge in [-0.15, -0.1) is 0 Å². The predicted molar refractivity (Wildman–Crippen MR) is 25.0 cm³/mol. The van der Waals surface area contributed by atoms with Crippen molar-refractivity contribution in [2.75, 3.05) is 0 Å². The van der Waals surface area contributed by atoms with Crippen molar-refractivity contribution in [2.45, 2.75) is 6.54 Å². The summed E-state index contributed by atoms with van der Waals surface area (Å²) in [5.74, 6) is -1.17. The van der Waals surface area contributed by atoms with E-state index in [-0.39, 0.29) is 6.54 Å². The maximum atomic E-state index is 9.87. The Labute approximate surface area is 50.9 Å². The van der Waals surface area contributed by atoms with Gasteiger partial charge in [-0.3, -0.25) is 0 Å². The summed E-state index contributed by atoms with van der Waals surface area (Å²) in [5, 5.41) is 13.4. The highest BCUT2D eigenvalue weighted by Crippen LogP contribution is 1.75. The first-order valence-electron chi connectivity index (χ1n) is 2.31. The van der Waals surface area contributed by atoms with Gasteiger partial charge in [0.2, 0.25) is 0 Å². The molecule has 0 spiro atoms. The average Bonchev–Trinajstić information content (AvgIpc) is 2.15. The fraction of sp³-hybridized carbons (Fsp3) is 0.250. The lowest BCUT2D eigenvalue weighted by Crippen LogP contribution is -2.27. The molecule has 0 aliphatic heterocycles. The molecule has 0 N–H and O–H groups in total. The standard InChI is InChI=1S/C4H5N3O2/c8-4(9)1-7-3-5-2-6-7/h2-3H,1H2,(H,8,9)/p-1. The highest BCUT2D eigenvalue weighted by atomic mass is 16.4. The van der Waals surface area contributed by atoms with E-state index in [1.165, 1.54) is 17.3 Å². The number of carboxylic acid groups (broad SMARTS) is 1. The monoisotopic (exact) mass is 126 g/mol. The summed E-state index contributed by atoms with van der Waals surface area (Å²) >= 11 is 0. The van der Waals surface area contributed by atoms with E-state index in [4.69, 9.17) is 0 Å². The van der Waals surface area contributed by atoms with Gasteiger partial charge in [0.25, 0.3) is 0 Å². The van der Waals surface area contributed by atoms with Gasteiger partial charge in [0.15, 0.2) is 0 Å². The van der Waals surface area contributed by atoms with Crippen molar-refractivity contribution >= 4 is 5.97 Å². The molecular formula is C4H4N3O2-. The third-order valence-corrected chi connectivity index (χ3v) is 0.758. The molecular weight excluding hydrogens is 122 g/mol. The molecule has 0 atom stereocenters. The Morgan fingerprint density at radius 3 is 3.00 bits per heavy atom. The fourth-order valence-electron chi connectivity index (χ4n) is 0.447. The zero-order valence-electron chi connectivity index (χ0n) is 4.52. The Hall–Kier alpha value is -1.39. The first-order chi connectivity index (χ1) is 4.29. The normalized spacial score (nSPS) is 9.33. The van der Waals surface area contributed by atoms with Crippen molar-refractivity contribution in [3.8, 4) is 0 Å². The largest absolute Gasteiger partial charge is 0.548 e. The van der Waals surface area contributed by atoms with E-state index in [1.54, 1.807) is 0 Å². The second kappa shape index (κ2) is 2.25. The number of hydrogen-bond acceptors (Lipinski definition) is 4. The molecule has 5 heteroatoms. The Bertz CT molecular complexity index is 194. The Kier molecular flexibility index (Phi) is 1.44. The second-order valence-electron chi connectivity index (χ2n) is 1.47. The minimum Gasteiger partial charge on any atom is -0.548 e. The number of carbonyl (C=O) groups is 1. The summed E-state index contributed by atoms with van der Waals surface area (Å²) in [7, 11) is 0. The molecule has 0 aromatic carbocycles. The number of carbonyl (C=O) groups excluding carboxylic acids is 1. The molecule has 0 unspecified atom stereocenters. The molecule has 9 heavy (non-hydrogen) atoms. The summed E-state index contributed by atoms with van der Waals surface area (Å²) < 4.78 is 1.18. The van der Waals surface area contributed by atoms with Crippen LogP contribution in [0.2, 0.25) is 0 Å². The molecule has 0 bridgehead atoms. The van der Waals surface area contributed by atoms with Crippen molar-refractivity contribution in [1.82, 2.24) is 14.8 Å². The van der Waals surface area contributed by atoms with Crippen molar-refractivity contribution < 1.29 is 9.90 Å². The van der Waals surface area contributed by atoms with E-state index < -0.39 is 5.97 Å². The van der Waals surface area contributed by atoms with Crippen molar-refractivity contribution in [3.63, 3.8) is 0 Å². The van der Waals surface area contributed by atoms with Crippen molar-refractivity contribution in [2.24, 2.45) is 0 Å². The first kappa shape index (κ1) is 5.74. The van der Waals surface area contributed by atoms with E-state index in [2.05, 4.69) is 10.1 Å². The smallest absolute Gasteiger partial charge is 0.137 e. The third-order valence-electron chi connectivity index (χ3n) is 0.758. The van der Waals surface area contributed by atoms with Gasteiger partial charge in [-0.1, -0.05) is 0 Å². The highest BCUT2D eigenvalue weighted by Gasteiger charge is 1.87. The molecule has 48 valence electrons. The van der Waals surface area contributed by atoms with Gasteiger partial charge in [-0.2, -0.15) is 5.10 Å². The summed E-state index contributed by atoms with van der Waals surface area (Å²) in [6.07, 6.45) is 2.58. The zero-order chi connectivity index (χ0) is 6.69. The first-order valence-corrected chi connectivity index (χ1v) is 2.31. The number of rotatable bonds is 2. The van der Waals surface area contributed by atoms with Crippen LogP contribution in [0.1, 0.15) is 0 Å². The number of aromatic nitrogens is 3. The van der Waals surface area contributed by atoms with Crippen LogP contribution in [0.5, 0.6) is 0 Å². The third kappa shape index (κ3) is 1.52. The number of hydrogen-bond donors (Lipinski definition) is 0. The lowest BCUT2D eigenvalue weighted by atomic mass is 10.7. The molecule has 0 radical (unpaired) electrons. The van der Waals surface area contributed by atoms with Gasteiger partial charge in [0.1, 0.15) is 12.7 Å². The molecule has 0 saturated carbocycles. The number of carboxylic acids is 1. The number of nitrogens with zero attached hydrogens (tertiary/aromatic N) is 3. The molecule has 0 aliphatic carbocycles. The van der Waals surface area contributed by atoms with Crippen LogP contribution >= 0.6 is 0 Å². The molecule has 5 nitrogen and oxygen atoms in total. The molecule has 1 heterocycles. The Morgan fingerprint density at radius 2 is 2.56 bits per heavy atom. The van der Waals surface area contributed by atoms with Crippen LogP contribution in [0, 0.1) is 0 Å². The highest BCUT2D eigenvalue weighted by molar-refractivity contribution is 5.63. The summed E-state index contributed by atoms with van der Waals surface area (Å²) in [6, 6.07) is 0. The Morgan fingerprint density at radius 1 is 1.78 bits per heavy atom. The van der Waals surface area contributed by atoms with Gasteiger partial charge in [-0.25, -0.2) is 9.67 Å². The topological polar surface area (TPSA) is 70.8 Å². The van der Waals surface area contributed by atoms with Crippen LogP contribution in [0.15, 0.2) is 12.7 Å². The van der Waals surface area contributed by atoms with Gasteiger partial charge in [0, 0.05) is 0 Å². The van der Waals surface area contributed by atoms with Crippen molar-refractivity contribution in [1.29, 1.82) is 0 Å². The van der Waals surface area contributed by atoms with Crippen LogP contribution in [0.3, 0.4) is 0 Å². The SMILES string of the molecule is O=C([O-])Cn1cncn1. The molecule has 1 rings (SSSR count). The maximum absolute atomic E-state index is 9.87. The van der Waals surface area contributed by atoms with Gasteiger partial charge in [0.05, 0.1) is 12.5 Å². The molecule has 0 fully saturated rings. The molecule has 0 saturated heterocycles. The van der Waals surface area contributed by atoms with Gasteiger partial charge in [-0.05, 0) is 0 Å². The van der Waals surface area contributed by atoms with Gasteiger partial charge >= 0.3 is 0 Å². The predicted octanol–water partition coefficient (Wildman–Crippen LogP) is -1.97. The maximum Gasteiger partial charge on any atom is 0.137 e. The lowest BCUT2D eigenvalue weighted by molar-refractivity contribution is -0.306. The molecule has 0 aliphatic rings. The van der Waals surface area contributed by atoms with E-state index in [9.17, 15) is 9.90 Å². The summed E-state index contributed by atoms with van der Waals surface area (Å²) in [6.45, 7) is -0.236. The van der Waals surface area contributed by atoms with E-state index >= 15 is 0 Å². The van der Waals surface area contributed by atoms with Gasteiger partial charge < -0.3 is 9.90 Å². The Balaban J connectivity index is 2.58. The molecule has 0 amide bonds. The minimum atomic E-state index is -1.17. The van der Waals surface area contributed by atoms with Crippen molar-refractivity contribution in [3.05, 3.63) is 12.7 Å². The summed E-state index contributed by atoms with van der Waals surface area (Å²) in [5.41, 5.74) is 0. The van der Waals surface area contributed by atoms with Crippen LogP contribution in [-0.4, -0.2) is 20.7 Å². The minimum absolute atomic E-state index is 0.236. The number of aliphatic carboxylic acids is 1. The lowest BCUT2D eigenvalue weighted by Gasteiger charge is -1.98. The second-order valence-corrected chi connectivity index (χ2v) is 1.47. The zero-order valence-corrected chi connectivity index (χ0v) is 4.52. The van der Waals surface area contributed by atoms with Crippen LogP contribution in [0.25, 0.3) is 0 Å². The van der Waals surface area contributed by atoms with Crippen LogP contribution < -0.4 is 5.11 Å². The van der Waals surface area contributed by atoms with Crippen LogP contribution in [0.4, 0.5) is 0 Å². The van der Waals surface area contributed by atoms with E-state index in [0.29, 0.717) is 0 Å². The molecule has 1 aromatic rings. The van der Waals surface area contributed by atoms with E-state index in [0.717, 1.165) is 0 Å². The van der Waals surface area contributed by atoms with E-state index in [1.807, 2.05) is 0 Å². The molecule has 1 aromatic heterocycles. The fourth-order valence-corrected chi connectivity index (χ4v) is 0.447. The van der Waals surface area contributed by atoms with Crippen LogP contribution in [-0.2, 0) is 11.3 Å². The average molecular weight is 126 g/mol. The quantitative estimate of drug-likeness (QED) is 0.460. The summed E-state index contributed by atoms with van der Waals surface area (Å²) in [4.78, 5) is 13.4.